The van der Waals surface area contributed by atoms with Crippen LogP contribution in [0.4, 0.5) is 5.69 Å². The number of aromatic nitrogens is 1. The molecule has 110 valence electrons. The molecule has 0 fully saturated rings. The molecule has 1 N–H and O–H groups in total. The topological polar surface area (TPSA) is 83.6 Å². The van der Waals surface area contributed by atoms with Crippen LogP contribution in [0, 0.1) is 13.8 Å². The van der Waals surface area contributed by atoms with Gasteiger partial charge in [0.15, 0.2) is 0 Å². The Kier molecular flexibility index (Phi) is 4.07. The highest BCUT2D eigenvalue weighted by Crippen LogP contribution is 2.21. The van der Waals surface area contributed by atoms with E-state index in [1.54, 1.807) is 39.1 Å². The molecule has 0 radical (unpaired) electrons. The first-order valence-corrected chi connectivity index (χ1v) is 6.42. The van der Waals surface area contributed by atoms with Crippen LogP contribution in [-0.4, -0.2) is 29.2 Å². The van der Waals surface area contributed by atoms with Gasteiger partial charge in [0, 0.05) is 12.6 Å². The Labute approximate surface area is 122 Å². The lowest BCUT2D eigenvalue weighted by Gasteiger charge is -2.19. The van der Waals surface area contributed by atoms with Crippen LogP contribution in [-0.2, 0) is 11.2 Å². The second-order valence-electron chi connectivity index (χ2n) is 4.75. The number of amides is 1. The number of aromatic carboxylic acids is 1. The average molecular weight is 288 g/mol. The Morgan fingerprint density at radius 3 is 2.52 bits per heavy atom. The number of aryl methyl sites for hydroxylation is 2. The number of carboxylic acids is 1. The first kappa shape index (κ1) is 14.8. The van der Waals surface area contributed by atoms with Crippen LogP contribution in [0.1, 0.15) is 27.4 Å². The fourth-order valence-corrected chi connectivity index (χ4v) is 2.11. The van der Waals surface area contributed by atoms with Crippen LogP contribution in [0.25, 0.3) is 0 Å². The van der Waals surface area contributed by atoms with Crippen LogP contribution in [0.5, 0.6) is 0 Å². The minimum atomic E-state index is -1.07. The van der Waals surface area contributed by atoms with Crippen molar-refractivity contribution in [1.82, 2.24) is 5.16 Å². The minimum absolute atomic E-state index is 0.0899. The van der Waals surface area contributed by atoms with Gasteiger partial charge in [0.1, 0.15) is 5.76 Å². The fourth-order valence-electron chi connectivity index (χ4n) is 2.11. The summed E-state index contributed by atoms with van der Waals surface area (Å²) in [6, 6.07) is 6.40. The van der Waals surface area contributed by atoms with Gasteiger partial charge in [-0.15, -0.1) is 0 Å². The normalized spacial score (nSPS) is 10.4. The number of para-hydroxylation sites is 1. The second kappa shape index (κ2) is 5.78. The van der Waals surface area contributed by atoms with Crippen LogP contribution < -0.4 is 4.90 Å². The van der Waals surface area contributed by atoms with Gasteiger partial charge in [-0.05, 0) is 26.0 Å². The zero-order chi connectivity index (χ0) is 15.6. The Hall–Kier alpha value is -2.63. The van der Waals surface area contributed by atoms with Crippen molar-refractivity contribution in [2.75, 3.05) is 11.9 Å². The lowest BCUT2D eigenvalue weighted by Crippen LogP contribution is -2.29. The molecule has 0 saturated carbocycles. The van der Waals surface area contributed by atoms with Crippen molar-refractivity contribution in [3.05, 3.63) is 46.8 Å². The smallest absolute Gasteiger partial charge is 0.337 e. The van der Waals surface area contributed by atoms with E-state index in [1.165, 1.54) is 11.0 Å². The summed E-state index contributed by atoms with van der Waals surface area (Å²) in [5.41, 5.74) is 1.86. The minimum Gasteiger partial charge on any atom is -0.478 e. The summed E-state index contributed by atoms with van der Waals surface area (Å²) in [5.74, 6) is -0.693. The molecule has 0 spiro atoms. The Bertz CT molecular complexity index is 671. The van der Waals surface area contributed by atoms with Crippen molar-refractivity contribution in [2.24, 2.45) is 0 Å². The molecule has 1 aromatic carbocycles. The number of carbonyl (C=O) groups is 2. The van der Waals surface area contributed by atoms with Gasteiger partial charge in [-0.3, -0.25) is 4.79 Å². The maximum Gasteiger partial charge on any atom is 0.337 e. The van der Waals surface area contributed by atoms with Crippen LogP contribution in [0.3, 0.4) is 0 Å². The molecule has 1 amide bonds. The van der Waals surface area contributed by atoms with Crippen LogP contribution in [0.15, 0.2) is 28.8 Å². The zero-order valence-electron chi connectivity index (χ0n) is 12.1. The molecule has 2 aromatic rings. The Morgan fingerprint density at radius 2 is 1.95 bits per heavy atom. The fraction of sp³-hybridized carbons (Fsp3) is 0.267. The van der Waals surface area contributed by atoms with Crippen molar-refractivity contribution < 1.29 is 19.2 Å². The molecule has 0 bridgehead atoms. The van der Waals surface area contributed by atoms with E-state index in [1.807, 2.05) is 0 Å². The third-order valence-corrected chi connectivity index (χ3v) is 3.38. The summed E-state index contributed by atoms with van der Waals surface area (Å²) in [5, 5.41) is 13.0. The van der Waals surface area contributed by atoms with E-state index in [9.17, 15) is 14.7 Å². The molecule has 0 atom stereocenters. The number of rotatable bonds is 4. The van der Waals surface area contributed by atoms with Crippen molar-refractivity contribution >= 4 is 17.6 Å². The van der Waals surface area contributed by atoms with Gasteiger partial charge in [-0.2, -0.15) is 0 Å². The second-order valence-corrected chi connectivity index (χ2v) is 4.75. The monoisotopic (exact) mass is 288 g/mol. The van der Waals surface area contributed by atoms with Gasteiger partial charge in [0.05, 0.1) is 23.4 Å². The lowest BCUT2D eigenvalue weighted by atomic mass is 10.1. The van der Waals surface area contributed by atoms with Gasteiger partial charge in [0.2, 0.25) is 5.91 Å². The highest BCUT2D eigenvalue weighted by atomic mass is 16.5. The van der Waals surface area contributed by atoms with E-state index in [-0.39, 0.29) is 17.9 Å². The van der Waals surface area contributed by atoms with E-state index in [2.05, 4.69) is 5.16 Å². The van der Waals surface area contributed by atoms with Gasteiger partial charge < -0.3 is 14.5 Å². The van der Waals surface area contributed by atoms with E-state index < -0.39 is 5.97 Å². The third-order valence-electron chi connectivity index (χ3n) is 3.38. The predicted molar refractivity (Wildman–Crippen MR) is 76.5 cm³/mol. The molecule has 1 aromatic heterocycles. The van der Waals surface area contributed by atoms with Gasteiger partial charge in [-0.25, -0.2) is 4.79 Å². The Balaban J connectivity index is 2.26. The van der Waals surface area contributed by atoms with E-state index in [4.69, 9.17) is 4.52 Å². The standard InChI is InChI=1S/C15H16N2O4/c1-9-12(10(2)21-16-9)8-14(18)17(3)13-7-5-4-6-11(13)15(19)20/h4-7H,8H2,1-3H3,(H,19,20). The molecule has 6 nitrogen and oxygen atoms in total. The number of nitrogens with zero attached hydrogens (tertiary/aromatic N) is 2. The lowest BCUT2D eigenvalue weighted by molar-refractivity contribution is -0.117. The molecular formula is C15H16N2O4. The van der Waals surface area contributed by atoms with Crippen molar-refractivity contribution in [2.45, 2.75) is 20.3 Å². The SMILES string of the molecule is Cc1noc(C)c1CC(=O)N(C)c1ccccc1C(=O)O. The first-order chi connectivity index (χ1) is 9.91. The zero-order valence-corrected chi connectivity index (χ0v) is 12.1. The van der Waals surface area contributed by atoms with Crippen molar-refractivity contribution in [3.8, 4) is 0 Å². The Morgan fingerprint density at radius 1 is 1.29 bits per heavy atom. The molecule has 1 heterocycles. The number of carboxylic acid groups (broad SMARTS) is 1. The quantitative estimate of drug-likeness (QED) is 0.932. The molecular weight excluding hydrogens is 272 g/mol. The molecule has 0 aliphatic carbocycles. The summed E-state index contributed by atoms with van der Waals surface area (Å²) >= 11 is 0. The maximum atomic E-state index is 12.4. The maximum absolute atomic E-state index is 12.4. The van der Waals surface area contributed by atoms with Crippen LogP contribution >= 0.6 is 0 Å². The summed E-state index contributed by atoms with van der Waals surface area (Å²) < 4.78 is 5.03. The van der Waals surface area contributed by atoms with Crippen molar-refractivity contribution in [3.63, 3.8) is 0 Å². The number of likely N-dealkylation sites (N-methyl/N-ethyl adjacent to an activating group) is 1. The first-order valence-electron chi connectivity index (χ1n) is 6.42. The molecule has 2 rings (SSSR count). The molecule has 0 aliphatic rings. The highest BCUT2D eigenvalue weighted by molar-refractivity contribution is 6.02. The largest absolute Gasteiger partial charge is 0.478 e. The van der Waals surface area contributed by atoms with Crippen LogP contribution in [0.2, 0.25) is 0 Å². The number of hydrogen-bond acceptors (Lipinski definition) is 4. The summed E-state index contributed by atoms with van der Waals surface area (Å²) in [6.45, 7) is 3.51. The van der Waals surface area contributed by atoms with E-state index in [0.717, 1.165) is 5.56 Å². The van der Waals surface area contributed by atoms with E-state index >= 15 is 0 Å². The number of anilines is 1. The average Bonchev–Trinajstić information content (AvgIpc) is 2.78. The van der Waals surface area contributed by atoms with Crippen molar-refractivity contribution in [1.29, 1.82) is 0 Å². The molecule has 6 heteroatoms. The van der Waals surface area contributed by atoms with E-state index in [0.29, 0.717) is 17.1 Å². The predicted octanol–water partition coefficient (Wildman–Crippen LogP) is 2.20. The van der Waals surface area contributed by atoms with Gasteiger partial charge in [0.25, 0.3) is 0 Å². The molecule has 0 unspecified atom stereocenters. The van der Waals surface area contributed by atoms with Gasteiger partial charge in [-0.1, -0.05) is 17.3 Å². The number of hydrogen-bond donors (Lipinski definition) is 1. The summed E-state index contributed by atoms with van der Waals surface area (Å²) in [4.78, 5) is 24.9. The molecule has 0 aliphatic heterocycles. The summed E-state index contributed by atoms with van der Waals surface area (Å²) in [7, 11) is 1.56. The highest BCUT2D eigenvalue weighted by Gasteiger charge is 2.20. The number of carbonyl (C=O) groups excluding carboxylic acids is 1. The third kappa shape index (κ3) is 2.94. The summed E-state index contributed by atoms with van der Waals surface area (Å²) in [6.07, 6.45) is 0.117. The van der Waals surface area contributed by atoms with Gasteiger partial charge >= 0.3 is 5.97 Å². The molecule has 0 saturated heterocycles. The number of benzene rings is 1. The molecule has 21 heavy (non-hydrogen) atoms.